The number of benzene rings is 1. The summed E-state index contributed by atoms with van der Waals surface area (Å²) in [5.74, 6) is 1.27. The fraction of sp³-hybridized carbons (Fsp3) is 0.500. The molecular formula is C12H18BrNO3. The van der Waals surface area contributed by atoms with Crippen molar-refractivity contribution in [2.75, 3.05) is 14.2 Å². The van der Waals surface area contributed by atoms with Crippen LogP contribution in [0.4, 0.5) is 0 Å². The maximum absolute atomic E-state index is 9.76. The molecule has 96 valence electrons. The molecule has 1 aromatic carbocycles. The van der Waals surface area contributed by atoms with Crippen LogP contribution in [0.3, 0.4) is 0 Å². The average Bonchev–Trinajstić information content (AvgIpc) is 2.37. The molecule has 0 amide bonds. The Balaban J connectivity index is 3.17. The zero-order valence-corrected chi connectivity index (χ0v) is 11.8. The third kappa shape index (κ3) is 3.12. The Morgan fingerprint density at radius 3 is 2.12 bits per heavy atom. The number of rotatable bonds is 5. The van der Waals surface area contributed by atoms with Crippen molar-refractivity contribution in [2.45, 2.75) is 25.5 Å². The van der Waals surface area contributed by atoms with Gasteiger partial charge in [0, 0.05) is 0 Å². The Hall–Kier alpha value is -0.780. The summed E-state index contributed by atoms with van der Waals surface area (Å²) in [7, 11) is 3.15. The maximum atomic E-state index is 9.76. The van der Waals surface area contributed by atoms with Gasteiger partial charge in [-0.25, -0.2) is 0 Å². The molecule has 0 aliphatic carbocycles. The van der Waals surface area contributed by atoms with E-state index in [0.717, 1.165) is 10.0 Å². The van der Waals surface area contributed by atoms with Crippen molar-refractivity contribution in [2.24, 2.45) is 5.73 Å². The molecule has 0 heterocycles. The van der Waals surface area contributed by atoms with Crippen molar-refractivity contribution in [3.05, 3.63) is 22.2 Å². The molecule has 0 fully saturated rings. The first-order chi connectivity index (χ1) is 8.04. The Morgan fingerprint density at radius 2 is 1.76 bits per heavy atom. The van der Waals surface area contributed by atoms with Gasteiger partial charge in [0.1, 0.15) is 16.0 Å². The van der Waals surface area contributed by atoms with Crippen LogP contribution >= 0.6 is 15.9 Å². The second-order valence-electron chi connectivity index (χ2n) is 3.74. The molecule has 0 spiro atoms. The molecule has 0 aliphatic heterocycles. The topological polar surface area (TPSA) is 64.7 Å². The highest BCUT2D eigenvalue weighted by Gasteiger charge is 2.19. The van der Waals surface area contributed by atoms with E-state index in [0.29, 0.717) is 17.9 Å². The van der Waals surface area contributed by atoms with Crippen molar-refractivity contribution in [1.82, 2.24) is 0 Å². The van der Waals surface area contributed by atoms with E-state index in [1.807, 2.05) is 6.92 Å². The van der Waals surface area contributed by atoms with Crippen molar-refractivity contribution in [1.29, 1.82) is 0 Å². The van der Waals surface area contributed by atoms with Crippen LogP contribution < -0.4 is 15.2 Å². The third-order valence-corrected chi connectivity index (χ3v) is 3.47. The van der Waals surface area contributed by atoms with E-state index in [1.165, 1.54) is 0 Å². The summed E-state index contributed by atoms with van der Waals surface area (Å²) in [6.45, 7) is 1.89. The zero-order valence-electron chi connectivity index (χ0n) is 10.2. The first-order valence-corrected chi connectivity index (χ1v) is 6.19. The standard InChI is InChI=1S/C12H18BrNO3/c1-4-8(15)12(14)7-5-9(16-2)11(13)10(6-7)17-3/h5-6,8,12,15H,4,14H2,1-3H3/t8-,12+/m1/s1. The molecule has 4 nitrogen and oxygen atoms in total. The van der Waals surface area contributed by atoms with Gasteiger partial charge in [-0.15, -0.1) is 0 Å². The Bertz CT molecular complexity index is 359. The van der Waals surface area contributed by atoms with Crippen LogP contribution in [-0.4, -0.2) is 25.4 Å². The Kier molecular flexibility index (Phi) is 5.24. The number of hydrogen-bond acceptors (Lipinski definition) is 4. The van der Waals surface area contributed by atoms with Gasteiger partial charge >= 0.3 is 0 Å². The predicted molar refractivity (Wildman–Crippen MR) is 70.5 cm³/mol. The van der Waals surface area contributed by atoms with Crippen LogP contribution in [0.1, 0.15) is 24.9 Å². The molecule has 2 atom stereocenters. The number of aliphatic hydroxyl groups excluding tert-OH is 1. The molecule has 5 heteroatoms. The summed E-state index contributed by atoms with van der Waals surface area (Å²) in [5.41, 5.74) is 6.76. The van der Waals surface area contributed by atoms with Crippen molar-refractivity contribution in [3.63, 3.8) is 0 Å². The minimum Gasteiger partial charge on any atom is -0.495 e. The molecule has 0 aromatic heterocycles. The normalized spacial score (nSPS) is 14.2. The van der Waals surface area contributed by atoms with Gasteiger partial charge in [-0.05, 0) is 40.0 Å². The average molecular weight is 304 g/mol. The predicted octanol–water partition coefficient (Wildman–Crippen LogP) is 2.24. The first kappa shape index (κ1) is 14.3. The number of hydrogen-bond donors (Lipinski definition) is 2. The van der Waals surface area contributed by atoms with E-state index in [-0.39, 0.29) is 0 Å². The second kappa shape index (κ2) is 6.23. The molecule has 0 saturated carbocycles. The van der Waals surface area contributed by atoms with Crippen LogP contribution in [0.5, 0.6) is 11.5 Å². The Morgan fingerprint density at radius 1 is 1.29 bits per heavy atom. The van der Waals surface area contributed by atoms with Crippen LogP contribution in [0.15, 0.2) is 16.6 Å². The van der Waals surface area contributed by atoms with Crippen LogP contribution in [0, 0.1) is 0 Å². The zero-order chi connectivity index (χ0) is 13.0. The quantitative estimate of drug-likeness (QED) is 0.875. The van der Waals surface area contributed by atoms with E-state index in [4.69, 9.17) is 15.2 Å². The molecule has 0 saturated heterocycles. The number of halogens is 1. The molecule has 1 aromatic rings. The van der Waals surface area contributed by atoms with Gasteiger partial charge in [0.25, 0.3) is 0 Å². The lowest BCUT2D eigenvalue weighted by molar-refractivity contribution is 0.140. The third-order valence-electron chi connectivity index (χ3n) is 2.69. The largest absolute Gasteiger partial charge is 0.495 e. The summed E-state index contributed by atoms with van der Waals surface area (Å²) in [6, 6.07) is 3.16. The van der Waals surface area contributed by atoms with Gasteiger partial charge in [0.15, 0.2) is 0 Å². The molecule has 3 N–H and O–H groups in total. The van der Waals surface area contributed by atoms with Crippen LogP contribution in [0.2, 0.25) is 0 Å². The van der Waals surface area contributed by atoms with E-state index >= 15 is 0 Å². The first-order valence-electron chi connectivity index (χ1n) is 5.40. The van der Waals surface area contributed by atoms with E-state index < -0.39 is 12.1 Å². The molecule has 1 rings (SSSR count). The number of ether oxygens (including phenoxy) is 2. The molecule has 0 radical (unpaired) electrons. The molecule has 17 heavy (non-hydrogen) atoms. The molecular weight excluding hydrogens is 286 g/mol. The van der Waals surface area contributed by atoms with Gasteiger partial charge in [0.2, 0.25) is 0 Å². The SMILES string of the molecule is CC[C@@H](O)[C@@H](N)c1cc(OC)c(Br)c(OC)c1. The highest BCUT2D eigenvalue weighted by Crippen LogP contribution is 2.37. The minimum atomic E-state index is -0.578. The lowest BCUT2D eigenvalue weighted by Gasteiger charge is -2.20. The van der Waals surface area contributed by atoms with Crippen molar-refractivity contribution in [3.8, 4) is 11.5 Å². The number of nitrogens with two attached hydrogens (primary N) is 1. The molecule has 0 aliphatic rings. The van der Waals surface area contributed by atoms with Crippen LogP contribution in [0.25, 0.3) is 0 Å². The van der Waals surface area contributed by atoms with Gasteiger partial charge < -0.3 is 20.3 Å². The van der Waals surface area contributed by atoms with Gasteiger partial charge in [0.05, 0.1) is 26.4 Å². The van der Waals surface area contributed by atoms with E-state index in [1.54, 1.807) is 26.4 Å². The second-order valence-corrected chi connectivity index (χ2v) is 4.53. The molecule has 0 bridgehead atoms. The lowest BCUT2D eigenvalue weighted by atomic mass is 10.00. The Labute approximate surface area is 110 Å². The fourth-order valence-electron chi connectivity index (χ4n) is 1.56. The number of aliphatic hydroxyl groups is 1. The number of methoxy groups -OCH3 is 2. The van der Waals surface area contributed by atoms with Crippen LogP contribution in [-0.2, 0) is 0 Å². The smallest absolute Gasteiger partial charge is 0.137 e. The molecule has 0 unspecified atom stereocenters. The highest BCUT2D eigenvalue weighted by atomic mass is 79.9. The summed E-state index contributed by atoms with van der Waals surface area (Å²) in [6.07, 6.45) is 0.0209. The lowest BCUT2D eigenvalue weighted by Crippen LogP contribution is -2.25. The fourth-order valence-corrected chi connectivity index (χ4v) is 2.11. The van der Waals surface area contributed by atoms with Crippen molar-refractivity contribution < 1.29 is 14.6 Å². The summed E-state index contributed by atoms with van der Waals surface area (Å²) >= 11 is 3.39. The monoisotopic (exact) mass is 303 g/mol. The summed E-state index contributed by atoms with van der Waals surface area (Å²) in [5, 5.41) is 9.76. The summed E-state index contributed by atoms with van der Waals surface area (Å²) < 4.78 is 11.2. The van der Waals surface area contributed by atoms with Gasteiger partial charge in [-0.3, -0.25) is 0 Å². The van der Waals surface area contributed by atoms with Gasteiger partial charge in [-0.2, -0.15) is 0 Å². The van der Waals surface area contributed by atoms with E-state index in [9.17, 15) is 5.11 Å². The highest BCUT2D eigenvalue weighted by molar-refractivity contribution is 9.10. The van der Waals surface area contributed by atoms with Gasteiger partial charge in [-0.1, -0.05) is 6.92 Å². The van der Waals surface area contributed by atoms with Crippen molar-refractivity contribution >= 4 is 15.9 Å². The minimum absolute atomic E-state index is 0.448. The maximum Gasteiger partial charge on any atom is 0.137 e. The van der Waals surface area contributed by atoms with E-state index in [2.05, 4.69) is 15.9 Å². The summed E-state index contributed by atoms with van der Waals surface area (Å²) in [4.78, 5) is 0.